The Balaban J connectivity index is 0.000000133. The van der Waals surface area contributed by atoms with Gasteiger partial charge in [0.1, 0.15) is 112 Å². The Morgan fingerprint density at radius 2 is 0.906 bits per heavy atom. The summed E-state index contributed by atoms with van der Waals surface area (Å²) < 4.78 is 8.09. The van der Waals surface area contributed by atoms with Crippen molar-refractivity contribution in [1.29, 1.82) is 0 Å². The lowest BCUT2D eigenvalue weighted by atomic mass is 10.0. The zero-order chi connectivity index (χ0) is 97.7. The summed E-state index contributed by atoms with van der Waals surface area (Å²) in [7, 11) is 0. The molecular formula is C103H97BrN24O11. The summed E-state index contributed by atoms with van der Waals surface area (Å²) in [4.78, 5) is 189. The normalized spacial score (nSPS) is 20.4. The van der Waals surface area contributed by atoms with Crippen molar-refractivity contribution in [3.8, 4) is 33.9 Å². The number of halogens is 1. The van der Waals surface area contributed by atoms with Gasteiger partial charge in [-0.1, -0.05) is 57.7 Å². The number of aryl methyl sites for hydroxylation is 5. The number of allylic oxidation sites excluding steroid dienone is 3. The first-order valence-corrected chi connectivity index (χ1v) is 46.3. The number of amides is 6. The number of aromatic nitrogens is 16. The van der Waals surface area contributed by atoms with Gasteiger partial charge in [0, 0.05) is 133 Å². The number of anilines is 6. The second kappa shape index (κ2) is 36.2. The van der Waals surface area contributed by atoms with Gasteiger partial charge in [0.2, 0.25) is 35.4 Å². The van der Waals surface area contributed by atoms with Crippen molar-refractivity contribution in [3.63, 3.8) is 0 Å². The molecule has 35 nitrogen and oxygen atoms in total. The number of rotatable bonds is 22. The first-order valence-electron chi connectivity index (χ1n) is 45.5. The van der Waals surface area contributed by atoms with Crippen LogP contribution in [0.1, 0.15) is 140 Å². The summed E-state index contributed by atoms with van der Waals surface area (Å²) >= 11 is 3.35. The van der Waals surface area contributed by atoms with Gasteiger partial charge < -0.3 is 40.9 Å². The van der Waals surface area contributed by atoms with Gasteiger partial charge in [0.05, 0.1) is 16.6 Å². The Hall–Kier alpha value is -16.1. The minimum absolute atomic E-state index is 0.0352. The van der Waals surface area contributed by atoms with Gasteiger partial charge in [0.15, 0.2) is 17.3 Å². The molecule has 3 aliphatic carbocycles. The maximum atomic E-state index is 14.1. The van der Waals surface area contributed by atoms with E-state index in [-0.39, 0.29) is 124 Å². The molecule has 11 aromatic heterocycles. The van der Waals surface area contributed by atoms with E-state index in [1.807, 2.05) is 106 Å². The fourth-order valence-electron chi connectivity index (χ4n) is 19.8. The SMILES string of the molecule is C=C1C=CC=CN1c1cccc(NC(=O)[C@@H]2C[C@@]3(C)C[C@H]3N2C(=O)Cn2nc(C(C)=O)c3cc(-c4cnc(C)nc4)cc(C)c32)n1.CC(=O)c1nn(CC(=O)N2[C@H](C(=O)Nc3cccn(-c4ccccn4)c3=O)C[C@@]3(C)C[C@@H]23)c2c(C)cc(-c3cnc(C)nc3)cc12.CC(=O)c1nn(CC(=O)N2[C@H](C(=O)Nc3nc(Br)ccc3C)C[C@@]3(C)C[C@@H]23)c2ccc(Nc3cccn(-c4ccccn4)c3=O)cc12. The molecule has 0 bridgehead atoms. The largest absolute Gasteiger partial charge is 0.351 e. The van der Waals surface area contributed by atoms with Crippen molar-refractivity contribution < 1.29 is 43.2 Å². The van der Waals surface area contributed by atoms with Crippen molar-refractivity contribution in [2.24, 2.45) is 16.2 Å². The molecule has 0 unspecified atom stereocenters. The summed E-state index contributed by atoms with van der Waals surface area (Å²) in [5.41, 5.74) is 9.18. The third-order valence-electron chi connectivity index (χ3n) is 27.3. The van der Waals surface area contributed by atoms with E-state index in [0.717, 1.165) is 63.9 Å². The number of carbonyl (C=O) groups excluding carboxylic acids is 9. The third-order valence-corrected chi connectivity index (χ3v) is 27.7. The second-order valence-electron chi connectivity index (χ2n) is 37.4. The number of hydrogen-bond acceptors (Lipinski definition) is 24. The standard InChI is InChI=1S/C35H34N8O3.C34H31BrN8O4.C34H32N8O4/c1-20-13-24(25-17-36-23(4)37-18-25)14-26-32(22(3)44)40-42(33(20)26)19-31(45)43-27(15-35(5)16-28(35)43)34(46)39-29-10-8-11-30(38-29)41-12-7-6-9-21(41)2;1-19-9-12-27(35)38-31(19)39-32(46)25-16-34(3)17-26(34)43(25)29(45)18-42-24-11-10-21(15-22(24)30(40-42)20(2)44)37-23-7-6-14-41(33(23)47)28-8-4-5-13-36-28;1-19-12-22(23-16-36-21(3)37-17-23)13-24-30(20(2)43)39-41(31(19)24)18-29(44)42-26(14-34(4)15-27(34)42)32(45)38-25-8-7-11-40(33(25)46)28-9-5-6-10-35-28/h6-14,17-18,27-28H,2,15-16,19H2,1,3-5H3,(H,38,39,46);4-15,25-26,37H,16-18H2,1-3H3,(H,38,39,46);5-13,16-17,26-27H,14-15,18H2,1-4H3,(H,38,45)/t27-,28+,35-;25-,26+,34-;26-,27+,34-/m000/s1. The molecule has 3 aromatic carbocycles. The van der Waals surface area contributed by atoms with Crippen molar-refractivity contribution in [3.05, 3.63) is 290 Å². The molecule has 6 amide bonds. The fourth-order valence-corrected chi connectivity index (χ4v) is 20.2. The van der Waals surface area contributed by atoms with E-state index in [4.69, 9.17) is 0 Å². The highest BCUT2D eigenvalue weighted by atomic mass is 79.9. The summed E-state index contributed by atoms with van der Waals surface area (Å²) in [6, 6.07) is 37.0. The minimum atomic E-state index is -0.762. The Bertz CT molecular complexity index is 7680. The van der Waals surface area contributed by atoms with E-state index in [1.54, 1.807) is 165 Å². The molecule has 21 rings (SSSR count). The van der Waals surface area contributed by atoms with E-state index in [2.05, 4.69) is 120 Å². The van der Waals surface area contributed by atoms with E-state index < -0.39 is 29.6 Å². The van der Waals surface area contributed by atoms with Crippen LogP contribution < -0.4 is 37.3 Å². The van der Waals surface area contributed by atoms with Crippen LogP contribution in [0.5, 0.6) is 0 Å². The number of nitrogens with one attached hydrogen (secondary N) is 4. The lowest BCUT2D eigenvalue weighted by Gasteiger charge is -2.27. The molecule has 4 aliphatic heterocycles. The Morgan fingerprint density at radius 3 is 1.40 bits per heavy atom. The van der Waals surface area contributed by atoms with Crippen LogP contribution in [0.2, 0.25) is 0 Å². The summed E-state index contributed by atoms with van der Waals surface area (Å²) in [5.74, 6) is 1.29. The maximum Gasteiger partial charge on any atom is 0.280 e. The van der Waals surface area contributed by atoms with Gasteiger partial charge in [-0.25, -0.2) is 39.9 Å². The number of likely N-dealkylation sites (tertiary alicyclic amines) is 3. The molecule has 7 aliphatic rings. The molecular weight excluding hydrogens is 1830 g/mol. The number of ketones is 3. The molecule has 4 N–H and O–H groups in total. The van der Waals surface area contributed by atoms with Crippen molar-refractivity contribution in [1.82, 2.24) is 93.0 Å². The van der Waals surface area contributed by atoms with Crippen molar-refractivity contribution in [2.45, 2.75) is 171 Å². The highest BCUT2D eigenvalue weighted by Gasteiger charge is 2.67. The van der Waals surface area contributed by atoms with Gasteiger partial charge in [-0.15, -0.1) is 0 Å². The smallest absolute Gasteiger partial charge is 0.280 e. The minimum Gasteiger partial charge on any atom is -0.351 e. The number of piperidine rings is 3. The maximum absolute atomic E-state index is 14.1. The zero-order valence-corrected chi connectivity index (χ0v) is 79.6. The van der Waals surface area contributed by atoms with E-state index in [0.29, 0.717) is 114 Å². The Labute approximate surface area is 804 Å². The van der Waals surface area contributed by atoms with Crippen LogP contribution in [-0.4, -0.2) is 182 Å². The molecule has 139 heavy (non-hydrogen) atoms. The number of hydrogen-bond donors (Lipinski definition) is 4. The van der Waals surface area contributed by atoms with Crippen LogP contribution in [-0.2, 0) is 48.4 Å². The molecule has 6 fully saturated rings. The predicted octanol–water partition coefficient (Wildman–Crippen LogP) is 14.0. The van der Waals surface area contributed by atoms with E-state index >= 15 is 0 Å². The van der Waals surface area contributed by atoms with Gasteiger partial charge >= 0.3 is 0 Å². The number of fused-ring (bicyclic) bond motifs is 6. The summed E-state index contributed by atoms with van der Waals surface area (Å²) in [6.07, 6.45) is 25.0. The number of benzene rings is 3. The van der Waals surface area contributed by atoms with E-state index in [1.165, 1.54) is 34.6 Å². The zero-order valence-electron chi connectivity index (χ0n) is 78.0. The van der Waals surface area contributed by atoms with E-state index in [9.17, 15) is 52.7 Å². The average Bonchev–Trinajstić information content (AvgIpc) is 1.55. The van der Waals surface area contributed by atoms with Gasteiger partial charge in [0.25, 0.3) is 11.1 Å². The number of nitrogens with zero attached hydrogens (tertiary/aromatic N) is 20. The highest BCUT2D eigenvalue weighted by molar-refractivity contribution is 9.10. The van der Waals surface area contributed by atoms with Crippen LogP contribution in [0.15, 0.2) is 234 Å². The van der Waals surface area contributed by atoms with Gasteiger partial charge in [-0.2, -0.15) is 15.3 Å². The first kappa shape index (κ1) is 92.0. The summed E-state index contributed by atoms with van der Waals surface area (Å²) in [5, 5.41) is 27.4. The average molecular weight is 1930 g/mol. The van der Waals surface area contributed by atoms with Crippen LogP contribution in [0.4, 0.5) is 34.5 Å². The lowest BCUT2D eigenvalue weighted by Crippen LogP contribution is -2.47. The van der Waals surface area contributed by atoms with Gasteiger partial charge in [-0.3, -0.25) is 75.9 Å². The summed E-state index contributed by atoms with van der Waals surface area (Å²) in [6.45, 7) is 23.6. The molecule has 9 atom stereocenters. The molecule has 0 radical (unpaired) electrons. The quantitative estimate of drug-likeness (QED) is 0.0361. The first-order chi connectivity index (χ1) is 66.6. The third kappa shape index (κ3) is 17.9. The molecule has 15 heterocycles. The van der Waals surface area contributed by atoms with Crippen LogP contribution in [0.25, 0.3) is 66.6 Å². The van der Waals surface area contributed by atoms with Crippen LogP contribution in [0.3, 0.4) is 0 Å². The molecule has 36 heteroatoms. The highest BCUT2D eigenvalue weighted by Crippen LogP contribution is 2.62. The van der Waals surface area contributed by atoms with Crippen LogP contribution >= 0.6 is 15.9 Å². The Morgan fingerprint density at radius 1 is 0.446 bits per heavy atom. The number of carbonyl (C=O) groups is 9. The Kier molecular flexibility index (Phi) is 23.9. The lowest BCUT2D eigenvalue weighted by molar-refractivity contribution is -0.138. The molecule has 3 saturated heterocycles. The van der Waals surface area contributed by atoms with Crippen molar-refractivity contribution in [2.75, 3.05) is 26.2 Å². The molecule has 3 saturated carbocycles. The van der Waals surface area contributed by atoms with Gasteiger partial charge in [-0.05, 0) is 254 Å². The van der Waals surface area contributed by atoms with Crippen molar-refractivity contribution >= 4 is 136 Å². The number of Topliss-reactive ketones (excluding diaryl/α,β-unsaturated/α-hetero) is 3. The molecule has 702 valence electrons. The predicted molar refractivity (Wildman–Crippen MR) is 525 cm³/mol. The second-order valence-corrected chi connectivity index (χ2v) is 38.2. The monoisotopic (exact) mass is 1920 g/mol. The number of pyridine rings is 6. The molecule has 0 spiro atoms. The molecule has 14 aromatic rings. The fraction of sp³-hybridized carbons (Fsp3) is 0.282. The topological polar surface area (TPSA) is 415 Å². The van der Waals surface area contributed by atoms with Crippen LogP contribution in [0, 0.1) is 50.9 Å².